The van der Waals surface area contributed by atoms with Crippen LogP contribution in [0.1, 0.15) is 43.0 Å². The van der Waals surface area contributed by atoms with Gasteiger partial charge in [0.1, 0.15) is 0 Å². The molecule has 0 aromatic carbocycles. The second-order valence-corrected chi connectivity index (χ2v) is 4.49. The zero-order chi connectivity index (χ0) is 11.0. The van der Waals surface area contributed by atoms with Crippen molar-refractivity contribution in [2.24, 2.45) is 5.73 Å². The molecular formula is C12H16N4. The predicted molar refractivity (Wildman–Crippen MR) is 62.1 cm³/mol. The summed E-state index contributed by atoms with van der Waals surface area (Å²) < 4.78 is 1.85. The number of fused-ring (bicyclic) bond motifs is 1. The maximum absolute atomic E-state index is 5.61. The normalized spacial score (nSPS) is 17.3. The van der Waals surface area contributed by atoms with Crippen LogP contribution in [0.15, 0.2) is 18.3 Å². The molecule has 0 saturated heterocycles. The Morgan fingerprint density at radius 2 is 2.19 bits per heavy atom. The molecule has 0 atom stereocenters. The number of nitrogens with zero attached hydrogens (tertiary/aromatic N) is 3. The highest BCUT2D eigenvalue weighted by Gasteiger charge is 2.21. The van der Waals surface area contributed by atoms with Gasteiger partial charge in [0.05, 0.1) is 0 Å². The van der Waals surface area contributed by atoms with Crippen molar-refractivity contribution in [3.63, 3.8) is 0 Å². The molecule has 4 heteroatoms. The van der Waals surface area contributed by atoms with E-state index in [4.69, 9.17) is 5.73 Å². The molecule has 0 radical (unpaired) electrons. The van der Waals surface area contributed by atoms with Gasteiger partial charge in [0.15, 0.2) is 11.5 Å². The fourth-order valence-electron chi connectivity index (χ4n) is 2.42. The summed E-state index contributed by atoms with van der Waals surface area (Å²) in [6, 6.07) is 4.02. The standard InChI is InChI=1S/C12H16N4/c13-8-9-5-6-16-11(7-9)14-12(15-16)10-3-1-2-4-10/h5-7,10H,1-4,8,13H2. The molecular weight excluding hydrogens is 200 g/mol. The van der Waals surface area contributed by atoms with Crippen molar-refractivity contribution in [1.82, 2.24) is 14.6 Å². The Morgan fingerprint density at radius 3 is 2.94 bits per heavy atom. The fraction of sp³-hybridized carbons (Fsp3) is 0.500. The number of hydrogen-bond donors (Lipinski definition) is 1. The van der Waals surface area contributed by atoms with Crippen molar-refractivity contribution < 1.29 is 0 Å². The Kier molecular flexibility index (Phi) is 2.36. The van der Waals surface area contributed by atoms with Crippen LogP contribution in [-0.4, -0.2) is 14.6 Å². The molecule has 16 heavy (non-hydrogen) atoms. The SMILES string of the molecule is NCc1ccn2nc(C3CCCC3)nc2c1. The highest BCUT2D eigenvalue weighted by molar-refractivity contribution is 5.40. The third-order valence-electron chi connectivity index (χ3n) is 3.37. The van der Waals surface area contributed by atoms with Crippen LogP contribution in [0.3, 0.4) is 0 Å². The Balaban J connectivity index is 2.01. The smallest absolute Gasteiger partial charge is 0.155 e. The third-order valence-corrected chi connectivity index (χ3v) is 3.37. The lowest BCUT2D eigenvalue weighted by Crippen LogP contribution is -1.97. The molecule has 0 bridgehead atoms. The molecule has 2 aromatic heterocycles. The van der Waals surface area contributed by atoms with E-state index in [0.717, 1.165) is 17.0 Å². The monoisotopic (exact) mass is 216 g/mol. The van der Waals surface area contributed by atoms with Gasteiger partial charge >= 0.3 is 0 Å². The maximum Gasteiger partial charge on any atom is 0.155 e. The summed E-state index contributed by atoms with van der Waals surface area (Å²) >= 11 is 0. The summed E-state index contributed by atoms with van der Waals surface area (Å²) in [7, 11) is 0. The molecule has 4 nitrogen and oxygen atoms in total. The summed E-state index contributed by atoms with van der Waals surface area (Å²) in [6.07, 6.45) is 7.05. The van der Waals surface area contributed by atoms with Gasteiger partial charge in [0.2, 0.25) is 0 Å². The zero-order valence-electron chi connectivity index (χ0n) is 9.26. The quantitative estimate of drug-likeness (QED) is 0.833. The fourth-order valence-corrected chi connectivity index (χ4v) is 2.42. The molecule has 2 aromatic rings. The van der Waals surface area contributed by atoms with Crippen LogP contribution in [0.4, 0.5) is 0 Å². The summed E-state index contributed by atoms with van der Waals surface area (Å²) in [5, 5.41) is 4.53. The molecule has 0 amide bonds. The van der Waals surface area contributed by atoms with Crippen molar-refractivity contribution in [3.8, 4) is 0 Å². The minimum Gasteiger partial charge on any atom is -0.326 e. The van der Waals surface area contributed by atoms with Crippen LogP contribution in [0.5, 0.6) is 0 Å². The van der Waals surface area contributed by atoms with Crippen LogP contribution in [0.25, 0.3) is 5.65 Å². The van der Waals surface area contributed by atoms with Gasteiger partial charge in [-0.1, -0.05) is 12.8 Å². The van der Waals surface area contributed by atoms with E-state index in [2.05, 4.69) is 10.1 Å². The van der Waals surface area contributed by atoms with Crippen LogP contribution in [0.2, 0.25) is 0 Å². The van der Waals surface area contributed by atoms with E-state index in [0.29, 0.717) is 12.5 Å². The van der Waals surface area contributed by atoms with Crippen LogP contribution >= 0.6 is 0 Å². The average Bonchev–Trinajstić information content (AvgIpc) is 2.96. The lowest BCUT2D eigenvalue weighted by molar-refractivity contribution is 0.666. The van der Waals surface area contributed by atoms with Gasteiger partial charge < -0.3 is 5.73 Å². The van der Waals surface area contributed by atoms with Crippen molar-refractivity contribution in [1.29, 1.82) is 0 Å². The lowest BCUT2D eigenvalue weighted by atomic mass is 10.1. The maximum atomic E-state index is 5.61. The molecule has 3 rings (SSSR count). The highest BCUT2D eigenvalue weighted by Crippen LogP contribution is 2.32. The summed E-state index contributed by atoms with van der Waals surface area (Å²) in [4.78, 5) is 4.60. The Hall–Kier alpha value is -1.42. The predicted octanol–water partition coefficient (Wildman–Crippen LogP) is 1.85. The van der Waals surface area contributed by atoms with Crippen molar-refractivity contribution in [2.45, 2.75) is 38.1 Å². The molecule has 1 fully saturated rings. The largest absolute Gasteiger partial charge is 0.326 e. The first-order chi connectivity index (χ1) is 7.86. The second-order valence-electron chi connectivity index (χ2n) is 4.49. The van der Waals surface area contributed by atoms with Crippen molar-refractivity contribution >= 4 is 5.65 Å². The van der Waals surface area contributed by atoms with Crippen molar-refractivity contribution in [3.05, 3.63) is 29.7 Å². The van der Waals surface area contributed by atoms with Gasteiger partial charge in [0, 0.05) is 18.7 Å². The second kappa shape index (κ2) is 3.87. The van der Waals surface area contributed by atoms with E-state index in [1.807, 2.05) is 22.8 Å². The Bertz CT molecular complexity index is 497. The molecule has 2 heterocycles. The Labute approximate surface area is 94.5 Å². The Morgan fingerprint density at radius 1 is 1.38 bits per heavy atom. The van der Waals surface area contributed by atoms with Gasteiger partial charge in [-0.2, -0.15) is 5.10 Å². The summed E-state index contributed by atoms with van der Waals surface area (Å²) in [5.74, 6) is 1.58. The third kappa shape index (κ3) is 1.59. The average molecular weight is 216 g/mol. The van der Waals surface area contributed by atoms with E-state index >= 15 is 0 Å². The summed E-state index contributed by atoms with van der Waals surface area (Å²) in [6.45, 7) is 0.558. The van der Waals surface area contributed by atoms with Gasteiger partial charge in [0.25, 0.3) is 0 Å². The van der Waals surface area contributed by atoms with Gasteiger partial charge in [-0.25, -0.2) is 9.50 Å². The van der Waals surface area contributed by atoms with Crippen molar-refractivity contribution in [2.75, 3.05) is 0 Å². The van der Waals surface area contributed by atoms with Gasteiger partial charge in [-0.3, -0.25) is 0 Å². The highest BCUT2D eigenvalue weighted by atomic mass is 15.3. The molecule has 2 N–H and O–H groups in total. The first-order valence-corrected chi connectivity index (χ1v) is 5.92. The lowest BCUT2D eigenvalue weighted by Gasteiger charge is -2.00. The topological polar surface area (TPSA) is 56.2 Å². The van der Waals surface area contributed by atoms with E-state index in [1.165, 1.54) is 25.7 Å². The van der Waals surface area contributed by atoms with Crippen LogP contribution in [0, 0.1) is 0 Å². The molecule has 1 saturated carbocycles. The molecule has 0 unspecified atom stereocenters. The van der Waals surface area contributed by atoms with Crippen LogP contribution < -0.4 is 5.73 Å². The molecule has 1 aliphatic rings. The minimum atomic E-state index is 0.558. The van der Waals surface area contributed by atoms with Gasteiger partial charge in [-0.15, -0.1) is 0 Å². The number of nitrogens with two attached hydrogens (primary N) is 1. The molecule has 0 aliphatic heterocycles. The van der Waals surface area contributed by atoms with E-state index in [1.54, 1.807) is 0 Å². The van der Waals surface area contributed by atoms with Gasteiger partial charge in [-0.05, 0) is 30.5 Å². The van der Waals surface area contributed by atoms with Crippen LogP contribution in [-0.2, 0) is 6.54 Å². The number of pyridine rings is 1. The van der Waals surface area contributed by atoms with E-state index in [-0.39, 0.29) is 0 Å². The number of aromatic nitrogens is 3. The first-order valence-electron chi connectivity index (χ1n) is 5.92. The summed E-state index contributed by atoms with van der Waals surface area (Å²) in [5.41, 5.74) is 7.64. The molecule has 0 spiro atoms. The number of hydrogen-bond acceptors (Lipinski definition) is 3. The number of rotatable bonds is 2. The first kappa shape index (κ1) is 9.78. The van der Waals surface area contributed by atoms with E-state index in [9.17, 15) is 0 Å². The zero-order valence-corrected chi connectivity index (χ0v) is 9.26. The molecule has 1 aliphatic carbocycles. The molecule has 84 valence electrons. The van der Waals surface area contributed by atoms with E-state index < -0.39 is 0 Å². The minimum absolute atomic E-state index is 0.558.